The van der Waals surface area contributed by atoms with Gasteiger partial charge in [0, 0.05) is 10.9 Å². The predicted molar refractivity (Wildman–Crippen MR) is 88.2 cm³/mol. The van der Waals surface area contributed by atoms with Crippen LogP contribution < -0.4 is 0 Å². The summed E-state index contributed by atoms with van der Waals surface area (Å²) in [6.07, 6.45) is 0. The van der Waals surface area contributed by atoms with E-state index in [2.05, 4.69) is 33.6 Å². The number of fused-ring (bicyclic) bond motifs is 1. The maximum absolute atomic E-state index is 4.30. The van der Waals surface area contributed by atoms with Crippen molar-refractivity contribution in [2.75, 3.05) is 0 Å². The fraction of sp³-hybridized carbons (Fsp3) is 0. The Hall–Kier alpha value is -3.07. The second kappa shape index (κ2) is 5.37. The van der Waals surface area contributed by atoms with Crippen molar-refractivity contribution >= 4 is 10.9 Å². The maximum atomic E-state index is 4.30. The van der Waals surface area contributed by atoms with Gasteiger partial charge in [-0.15, -0.1) is 10.2 Å². The van der Waals surface area contributed by atoms with Gasteiger partial charge in [-0.25, -0.2) is 0 Å². The Labute approximate surface area is 128 Å². The summed E-state index contributed by atoms with van der Waals surface area (Å²) in [6, 6.07) is 26.5. The average Bonchev–Trinajstić information content (AvgIpc) is 2.62. The predicted octanol–water partition coefficient (Wildman–Crippen LogP) is 4.36. The number of hydrogen-bond acceptors (Lipinski definition) is 3. The zero-order valence-electron chi connectivity index (χ0n) is 11.8. The van der Waals surface area contributed by atoms with Gasteiger partial charge in [0.2, 0.25) is 0 Å². The van der Waals surface area contributed by atoms with E-state index in [4.69, 9.17) is 0 Å². The summed E-state index contributed by atoms with van der Waals surface area (Å²) in [7, 11) is 0. The number of benzene rings is 3. The lowest BCUT2D eigenvalue weighted by Gasteiger charge is -2.09. The van der Waals surface area contributed by atoms with Gasteiger partial charge in [-0.3, -0.25) is 0 Å². The van der Waals surface area contributed by atoms with Crippen molar-refractivity contribution in [2.24, 2.45) is 0 Å². The third kappa shape index (κ3) is 2.13. The molecular formula is C19H13N3. The third-order valence-corrected chi connectivity index (χ3v) is 3.71. The first kappa shape index (κ1) is 12.7. The van der Waals surface area contributed by atoms with Gasteiger partial charge in [-0.2, -0.15) is 0 Å². The number of aromatic nitrogens is 3. The second-order valence-corrected chi connectivity index (χ2v) is 5.07. The molecule has 0 radical (unpaired) electrons. The minimum absolute atomic E-state index is 0.857. The maximum Gasteiger partial charge on any atom is 0.105 e. The molecule has 1 aromatic heterocycles. The van der Waals surface area contributed by atoms with Crippen LogP contribution in [0.3, 0.4) is 0 Å². The highest BCUT2D eigenvalue weighted by Gasteiger charge is 2.12. The van der Waals surface area contributed by atoms with Crippen molar-refractivity contribution in [3.63, 3.8) is 0 Å². The van der Waals surface area contributed by atoms with Crippen LogP contribution in [0.2, 0.25) is 0 Å². The summed E-state index contributed by atoms with van der Waals surface area (Å²) in [5.41, 5.74) is 5.05. The average molecular weight is 283 g/mol. The summed E-state index contributed by atoms with van der Waals surface area (Å²) in [6.45, 7) is 0. The van der Waals surface area contributed by atoms with Crippen molar-refractivity contribution in [3.8, 4) is 22.4 Å². The van der Waals surface area contributed by atoms with Crippen molar-refractivity contribution in [1.82, 2.24) is 15.4 Å². The molecule has 3 heteroatoms. The summed E-state index contributed by atoms with van der Waals surface area (Å²) < 4.78 is 0. The fourth-order valence-corrected chi connectivity index (χ4v) is 2.69. The minimum Gasteiger partial charge on any atom is -0.130 e. The van der Waals surface area contributed by atoms with Crippen LogP contribution in [0.15, 0.2) is 78.9 Å². The van der Waals surface area contributed by atoms with E-state index >= 15 is 0 Å². The molecule has 0 aliphatic heterocycles. The molecule has 0 spiro atoms. The van der Waals surface area contributed by atoms with Gasteiger partial charge in [0.1, 0.15) is 5.69 Å². The van der Waals surface area contributed by atoms with Crippen molar-refractivity contribution in [1.29, 1.82) is 0 Å². The molecule has 104 valence electrons. The lowest BCUT2D eigenvalue weighted by atomic mass is 9.97. The van der Waals surface area contributed by atoms with Crippen LogP contribution in [-0.4, -0.2) is 15.4 Å². The normalized spacial score (nSPS) is 10.7. The molecule has 0 saturated carbocycles. The zero-order valence-corrected chi connectivity index (χ0v) is 11.8. The van der Waals surface area contributed by atoms with Gasteiger partial charge in [-0.1, -0.05) is 72.8 Å². The van der Waals surface area contributed by atoms with E-state index in [0.717, 1.165) is 33.3 Å². The first-order valence-corrected chi connectivity index (χ1v) is 7.16. The minimum atomic E-state index is 0.857. The first-order chi connectivity index (χ1) is 10.9. The zero-order chi connectivity index (χ0) is 14.8. The molecule has 0 unspecified atom stereocenters. The third-order valence-electron chi connectivity index (χ3n) is 3.71. The van der Waals surface area contributed by atoms with Gasteiger partial charge in [0.25, 0.3) is 0 Å². The summed E-state index contributed by atoms with van der Waals surface area (Å²) in [5, 5.41) is 13.5. The molecular weight excluding hydrogens is 270 g/mol. The summed E-state index contributed by atoms with van der Waals surface area (Å²) in [4.78, 5) is 0. The van der Waals surface area contributed by atoms with Crippen molar-refractivity contribution < 1.29 is 0 Å². The van der Waals surface area contributed by atoms with Gasteiger partial charge in [0.05, 0.1) is 5.52 Å². The molecule has 3 nitrogen and oxygen atoms in total. The monoisotopic (exact) mass is 283 g/mol. The molecule has 4 rings (SSSR count). The van der Waals surface area contributed by atoms with Crippen LogP contribution in [0.5, 0.6) is 0 Å². The SMILES string of the molecule is c1ccc(-c2cccc3nnnc(-c4ccccc4)c23)cc1. The van der Waals surface area contributed by atoms with Crippen LogP contribution in [-0.2, 0) is 0 Å². The van der Waals surface area contributed by atoms with Crippen LogP contribution in [0, 0.1) is 0 Å². The first-order valence-electron chi connectivity index (χ1n) is 7.16. The Morgan fingerprint density at radius 2 is 1.23 bits per heavy atom. The number of rotatable bonds is 2. The van der Waals surface area contributed by atoms with E-state index in [0.29, 0.717) is 0 Å². The van der Waals surface area contributed by atoms with Crippen LogP contribution in [0.4, 0.5) is 0 Å². The lowest BCUT2D eigenvalue weighted by Crippen LogP contribution is -1.95. The second-order valence-electron chi connectivity index (χ2n) is 5.07. The molecule has 0 fully saturated rings. The molecule has 0 bridgehead atoms. The van der Waals surface area contributed by atoms with Crippen molar-refractivity contribution in [3.05, 3.63) is 78.9 Å². The molecule has 0 saturated heterocycles. The Morgan fingerprint density at radius 1 is 0.545 bits per heavy atom. The topological polar surface area (TPSA) is 38.7 Å². The van der Waals surface area contributed by atoms with Crippen molar-refractivity contribution in [2.45, 2.75) is 0 Å². The van der Waals surface area contributed by atoms with Crippen LogP contribution >= 0.6 is 0 Å². The van der Waals surface area contributed by atoms with Gasteiger partial charge < -0.3 is 0 Å². The summed E-state index contributed by atoms with van der Waals surface area (Å²) >= 11 is 0. The highest BCUT2D eigenvalue weighted by Crippen LogP contribution is 2.33. The van der Waals surface area contributed by atoms with Gasteiger partial charge in [-0.05, 0) is 22.4 Å². The molecule has 1 heterocycles. The van der Waals surface area contributed by atoms with E-state index in [-0.39, 0.29) is 0 Å². The van der Waals surface area contributed by atoms with Gasteiger partial charge in [0.15, 0.2) is 0 Å². The van der Waals surface area contributed by atoms with E-state index in [1.165, 1.54) is 0 Å². The Morgan fingerprint density at radius 3 is 1.95 bits per heavy atom. The molecule has 0 amide bonds. The molecule has 0 aliphatic rings. The largest absolute Gasteiger partial charge is 0.130 e. The summed E-state index contributed by atoms with van der Waals surface area (Å²) in [5.74, 6) is 0. The van der Waals surface area contributed by atoms with Gasteiger partial charge >= 0.3 is 0 Å². The smallest absolute Gasteiger partial charge is 0.105 e. The lowest BCUT2D eigenvalue weighted by molar-refractivity contribution is 0.901. The quantitative estimate of drug-likeness (QED) is 0.548. The molecule has 0 aliphatic carbocycles. The Kier molecular flexibility index (Phi) is 3.09. The fourth-order valence-electron chi connectivity index (χ4n) is 2.69. The van der Waals surface area contributed by atoms with E-state index in [9.17, 15) is 0 Å². The molecule has 22 heavy (non-hydrogen) atoms. The highest BCUT2D eigenvalue weighted by molar-refractivity contribution is 6.02. The Bertz CT molecular complexity index is 845. The number of nitrogens with zero attached hydrogens (tertiary/aromatic N) is 3. The number of hydrogen-bond donors (Lipinski definition) is 0. The standard InChI is InChI=1S/C19H13N3/c1-3-8-14(9-4-1)16-12-7-13-17-18(16)19(21-22-20-17)15-10-5-2-6-11-15/h1-13H. The highest BCUT2D eigenvalue weighted by atomic mass is 15.3. The molecule has 0 N–H and O–H groups in total. The Balaban J connectivity index is 2.07. The van der Waals surface area contributed by atoms with Crippen LogP contribution in [0.1, 0.15) is 0 Å². The molecule has 0 atom stereocenters. The van der Waals surface area contributed by atoms with E-state index in [1.54, 1.807) is 0 Å². The van der Waals surface area contributed by atoms with E-state index < -0.39 is 0 Å². The molecule has 3 aromatic carbocycles. The van der Waals surface area contributed by atoms with E-state index in [1.807, 2.05) is 60.7 Å². The van der Waals surface area contributed by atoms with Crippen LogP contribution in [0.25, 0.3) is 33.3 Å². The molecule has 4 aromatic rings.